The molecule has 0 aliphatic rings. The van der Waals surface area contributed by atoms with Gasteiger partial charge in [0.25, 0.3) is 11.2 Å². The lowest BCUT2D eigenvalue weighted by molar-refractivity contribution is -0.260. The Morgan fingerprint density at radius 3 is 1.78 bits per heavy atom. The standard InChI is InChI=1S/C19H19ClF6O6/c1-3-31-14(27)16(29,18(21,22)23)9-12(11-5-7-13(20)8-6-11)10-17(30,19(24,25)26)15(28)32-4-2/h5-9,29-30H,3-4,10H2,1-2H3/b12-9+/t16-,17-/m1/s1. The topological polar surface area (TPSA) is 93.1 Å². The summed E-state index contributed by atoms with van der Waals surface area (Å²) in [4.78, 5) is 23.8. The number of aliphatic hydroxyl groups is 2. The third-order valence-corrected chi connectivity index (χ3v) is 4.40. The minimum atomic E-state index is -5.72. The fourth-order valence-corrected chi connectivity index (χ4v) is 2.59. The van der Waals surface area contributed by atoms with Gasteiger partial charge < -0.3 is 19.7 Å². The van der Waals surface area contributed by atoms with Gasteiger partial charge in [0.15, 0.2) is 0 Å². The third-order valence-electron chi connectivity index (χ3n) is 4.15. The van der Waals surface area contributed by atoms with Crippen LogP contribution in [0.1, 0.15) is 25.8 Å². The Kier molecular flexibility index (Phi) is 8.74. The van der Waals surface area contributed by atoms with E-state index in [1.165, 1.54) is 0 Å². The summed E-state index contributed by atoms with van der Waals surface area (Å²) in [5.74, 6) is -4.40. The number of benzene rings is 1. The SMILES string of the molecule is CCOC(=O)[C@](O)(/C=C(\C[C@@](O)(C(=O)OCC)C(F)(F)F)c1ccc(Cl)cc1)C(F)(F)F. The zero-order valence-corrected chi connectivity index (χ0v) is 17.4. The monoisotopic (exact) mass is 492 g/mol. The molecule has 0 fully saturated rings. The highest BCUT2D eigenvalue weighted by atomic mass is 35.5. The second-order valence-corrected chi connectivity index (χ2v) is 6.85. The minimum absolute atomic E-state index is 0.0565. The largest absolute Gasteiger partial charge is 0.464 e. The maximum absolute atomic E-state index is 13.6. The van der Waals surface area contributed by atoms with Crippen LogP contribution in [0.15, 0.2) is 30.3 Å². The van der Waals surface area contributed by atoms with Crippen molar-refractivity contribution in [1.29, 1.82) is 0 Å². The van der Waals surface area contributed by atoms with E-state index < -0.39 is 66.3 Å². The van der Waals surface area contributed by atoms with E-state index in [0.717, 1.165) is 38.1 Å². The molecule has 180 valence electrons. The van der Waals surface area contributed by atoms with Gasteiger partial charge in [-0.3, -0.25) is 0 Å². The molecule has 0 aliphatic heterocycles. The van der Waals surface area contributed by atoms with Crippen LogP contribution in [0.5, 0.6) is 0 Å². The van der Waals surface area contributed by atoms with Crippen LogP contribution in [-0.2, 0) is 19.1 Å². The number of hydrogen-bond donors (Lipinski definition) is 2. The van der Waals surface area contributed by atoms with Crippen LogP contribution < -0.4 is 0 Å². The molecule has 0 aromatic heterocycles. The maximum atomic E-state index is 13.6. The molecular weight excluding hydrogens is 474 g/mol. The lowest BCUT2D eigenvalue weighted by Crippen LogP contribution is -2.54. The summed E-state index contributed by atoms with van der Waals surface area (Å²) in [5, 5.41) is 20.3. The van der Waals surface area contributed by atoms with Crippen LogP contribution in [0.4, 0.5) is 26.3 Å². The van der Waals surface area contributed by atoms with Crippen LogP contribution in [0.2, 0.25) is 5.02 Å². The van der Waals surface area contributed by atoms with Crippen molar-refractivity contribution in [1.82, 2.24) is 0 Å². The number of carbonyl (C=O) groups is 2. The van der Waals surface area contributed by atoms with Gasteiger partial charge in [0.2, 0.25) is 0 Å². The van der Waals surface area contributed by atoms with Crippen LogP contribution in [0.25, 0.3) is 5.57 Å². The van der Waals surface area contributed by atoms with E-state index in [-0.39, 0.29) is 11.1 Å². The van der Waals surface area contributed by atoms with E-state index in [4.69, 9.17) is 11.6 Å². The summed E-state index contributed by atoms with van der Waals surface area (Å²) >= 11 is 5.68. The Balaban J connectivity index is 3.80. The fraction of sp³-hybridized carbons (Fsp3) is 0.474. The van der Waals surface area contributed by atoms with Gasteiger partial charge in [0, 0.05) is 11.4 Å². The van der Waals surface area contributed by atoms with Crippen molar-refractivity contribution >= 4 is 29.1 Å². The first-order valence-corrected chi connectivity index (χ1v) is 9.31. The number of rotatable bonds is 8. The summed E-state index contributed by atoms with van der Waals surface area (Å²) in [6.07, 6.45) is -13.5. The van der Waals surface area contributed by atoms with E-state index in [1.54, 1.807) is 0 Å². The normalized spacial score (nSPS) is 16.7. The van der Waals surface area contributed by atoms with E-state index in [1.807, 2.05) is 0 Å². The van der Waals surface area contributed by atoms with Gasteiger partial charge >= 0.3 is 24.3 Å². The Hall–Kier alpha value is -2.31. The van der Waals surface area contributed by atoms with Crippen LogP contribution in [0.3, 0.4) is 0 Å². The average molecular weight is 493 g/mol. The van der Waals surface area contributed by atoms with Gasteiger partial charge in [-0.2, -0.15) is 26.3 Å². The Morgan fingerprint density at radius 1 is 0.906 bits per heavy atom. The highest BCUT2D eigenvalue weighted by molar-refractivity contribution is 6.30. The number of hydrogen-bond acceptors (Lipinski definition) is 6. The van der Waals surface area contributed by atoms with E-state index in [0.29, 0.717) is 0 Å². The fourth-order valence-electron chi connectivity index (χ4n) is 2.46. The van der Waals surface area contributed by atoms with Crippen LogP contribution >= 0.6 is 11.6 Å². The molecule has 0 radical (unpaired) electrons. The molecule has 0 amide bonds. The minimum Gasteiger partial charge on any atom is -0.464 e. The van der Waals surface area contributed by atoms with Crippen LogP contribution in [0, 0.1) is 0 Å². The summed E-state index contributed by atoms with van der Waals surface area (Å²) in [7, 11) is 0. The molecule has 0 bridgehead atoms. The Morgan fingerprint density at radius 2 is 1.38 bits per heavy atom. The van der Waals surface area contributed by atoms with Crippen molar-refractivity contribution < 1.29 is 55.6 Å². The van der Waals surface area contributed by atoms with Gasteiger partial charge in [-0.1, -0.05) is 23.7 Å². The Bertz CT molecular complexity index is 851. The smallest absolute Gasteiger partial charge is 0.431 e. The van der Waals surface area contributed by atoms with Gasteiger partial charge in [0.1, 0.15) is 0 Å². The van der Waals surface area contributed by atoms with E-state index in [9.17, 15) is 46.1 Å². The van der Waals surface area contributed by atoms with Gasteiger partial charge in [-0.05, 0) is 43.2 Å². The molecule has 0 unspecified atom stereocenters. The zero-order chi connectivity index (χ0) is 25.0. The van der Waals surface area contributed by atoms with Crippen LogP contribution in [-0.4, -0.2) is 58.9 Å². The quantitative estimate of drug-likeness (QED) is 0.423. The number of carbonyl (C=O) groups excluding carboxylic acids is 2. The summed E-state index contributed by atoms with van der Waals surface area (Å²) in [6, 6.07) is 4.13. The Labute approximate surface area is 183 Å². The predicted octanol–water partition coefficient (Wildman–Crippen LogP) is 3.83. The predicted molar refractivity (Wildman–Crippen MR) is 99.3 cm³/mol. The molecule has 1 aromatic carbocycles. The molecule has 2 atom stereocenters. The number of ether oxygens (including phenoxy) is 2. The van der Waals surface area contributed by atoms with Gasteiger partial charge in [-0.15, -0.1) is 0 Å². The lowest BCUT2D eigenvalue weighted by Gasteiger charge is -2.31. The van der Waals surface area contributed by atoms with E-state index in [2.05, 4.69) is 9.47 Å². The second-order valence-electron chi connectivity index (χ2n) is 6.42. The van der Waals surface area contributed by atoms with Crippen molar-refractivity contribution in [2.45, 2.75) is 43.8 Å². The van der Waals surface area contributed by atoms with Crippen molar-refractivity contribution in [3.05, 3.63) is 40.9 Å². The molecule has 0 aliphatic carbocycles. The molecular formula is C19H19ClF6O6. The summed E-state index contributed by atoms with van der Waals surface area (Å²) in [6.45, 7) is 1.12. The molecule has 0 saturated carbocycles. The lowest BCUT2D eigenvalue weighted by atomic mass is 9.86. The first-order valence-electron chi connectivity index (χ1n) is 8.93. The van der Waals surface area contributed by atoms with Crippen molar-refractivity contribution in [2.24, 2.45) is 0 Å². The van der Waals surface area contributed by atoms with Crippen molar-refractivity contribution in [3.63, 3.8) is 0 Å². The molecule has 13 heteroatoms. The molecule has 1 rings (SSSR count). The summed E-state index contributed by atoms with van der Waals surface area (Å²) < 4.78 is 89.9. The number of halogens is 7. The summed E-state index contributed by atoms with van der Waals surface area (Å²) in [5.41, 5.74) is -10.1. The number of alkyl halides is 6. The number of esters is 2. The molecule has 6 nitrogen and oxygen atoms in total. The highest BCUT2D eigenvalue weighted by Gasteiger charge is 2.63. The molecule has 1 aromatic rings. The zero-order valence-electron chi connectivity index (χ0n) is 16.7. The van der Waals surface area contributed by atoms with Gasteiger partial charge in [-0.25, -0.2) is 9.59 Å². The molecule has 0 spiro atoms. The maximum Gasteiger partial charge on any atom is 0.431 e. The van der Waals surface area contributed by atoms with Crippen molar-refractivity contribution in [2.75, 3.05) is 13.2 Å². The van der Waals surface area contributed by atoms with E-state index >= 15 is 0 Å². The molecule has 0 saturated heterocycles. The highest BCUT2D eigenvalue weighted by Crippen LogP contribution is 2.42. The first-order chi connectivity index (χ1) is 14.5. The average Bonchev–Trinajstić information content (AvgIpc) is 2.66. The third kappa shape index (κ3) is 5.93. The van der Waals surface area contributed by atoms with Gasteiger partial charge in [0.05, 0.1) is 13.2 Å². The second kappa shape index (κ2) is 10.1. The molecule has 0 heterocycles. The first kappa shape index (κ1) is 27.7. The van der Waals surface area contributed by atoms with Crippen molar-refractivity contribution in [3.8, 4) is 0 Å². The molecule has 2 N–H and O–H groups in total. The molecule has 32 heavy (non-hydrogen) atoms.